The van der Waals surface area contributed by atoms with Crippen molar-refractivity contribution in [3.63, 3.8) is 0 Å². The second kappa shape index (κ2) is 5.69. The average Bonchev–Trinajstić information content (AvgIpc) is 2.78. The van der Waals surface area contributed by atoms with Gasteiger partial charge in [0.25, 0.3) is 0 Å². The van der Waals surface area contributed by atoms with Crippen molar-refractivity contribution in [1.29, 1.82) is 0 Å². The molecule has 0 amide bonds. The first-order valence-electron chi connectivity index (χ1n) is 6.86. The van der Waals surface area contributed by atoms with Crippen molar-refractivity contribution in [3.05, 3.63) is 12.2 Å². The number of aromatic nitrogens is 3. The van der Waals surface area contributed by atoms with Gasteiger partial charge in [0.2, 0.25) is 0 Å². The van der Waals surface area contributed by atoms with Gasteiger partial charge in [-0.3, -0.25) is 14.4 Å². The highest BCUT2D eigenvalue weighted by Crippen LogP contribution is 2.36. The Morgan fingerprint density at radius 2 is 2.16 bits per heavy atom. The summed E-state index contributed by atoms with van der Waals surface area (Å²) in [6.07, 6.45) is 4.72. The quantitative estimate of drug-likeness (QED) is 0.869. The van der Waals surface area contributed by atoms with E-state index in [-0.39, 0.29) is 0 Å². The second-order valence-corrected chi connectivity index (χ2v) is 5.41. The maximum Gasteiger partial charge on any atom is 0.309 e. The molecular weight excluding hydrogens is 244 g/mol. The molecule has 0 atom stereocenters. The fourth-order valence-corrected chi connectivity index (χ4v) is 2.85. The van der Waals surface area contributed by atoms with Crippen LogP contribution in [-0.4, -0.2) is 43.8 Å². The Balaban J connectivity index is 1.94. The zero-order chi connectivity index (χ0) is 13.9. The summed E-state index contributed by atoms with van der Waals surface area (Å²) in [5.74, 6) is 0.297. The maximum atomic E-state index is 11.5. The minimum absolute atomic E-state index is 0.509. The summed E-state index contributed by atoms with van der Waals surface area (Å²) in [7, 11) is 1.88. The standard InChI is InChI=1S/C13H22N4O2/c1-3-4-13(12(18)19)5-7-17(8-6-13)9-11-14-10-15-16(11)2/h10H,3-9H2,1-2H3,(H,18,19). The Morgan fingerprint density at radius 3 is 2.63 bits per heavy atom. The molecule has 6 nitrogen and oxygen atoms in total. The monoisotopic (exact) mass is 266 g/mol. The zero-order valence-electron chi connectivity index (χ0n) is 11.7. The van der Waals surface area contributed by atoms with Gasteiger partial charge < -0.3 is 5.11 Å². The molecule has 0 spiro atoms. The van der Waals surface area contributed by atoms with Crippen molar-refractivity contribution in [2.24, 2.45) is 12.5 Å². The highest BCUT2D eigenvalue weighted by molar-refractivity contribution is 5.74. The molecule has 106 valence electrons. The Labute approximate surface area is 113 Å². The van der Waals surface area contributed by atoms with E-state index in [2.05, 4.69) is 21.9 Å². The molecule has 1 aromatic heterocycles. The Bertz CT molecular complexity index is 436. The number of carboxylic acids is 1. The summed E-state index contributed by atoms with van der Waals surface area (Å²) in [5, 5.41) is 13.5. The number of carbonyl (C=O) groups is 1. The number of carboxylic acid groups (broad SMARTS) is 1. The van der Waals surface area contributed by atoms with E-state index < -0.39 is 11.4 Å². The normalized spacial score (nSPS) is 19.5. The lowest BCUT2D eigenvalue weighted by Gasteiger charge is -2.38. The van der Waals surface area contributed by atoms with Crippen LogP contribution in [-0.2, 0) is 18.4 Å². The summed E-state index contributed by atoms with van der Waals surface area (Å²) >= 11 is 0. The van der Waals surface area contributed by atoms with Crippen LogP contribution in [0.25, 0.3) is 0 Å². The number of hydrogen-bond donors (Lipinski definition) is 1. The van der Waals surface area contributed by atoms with Crippen molar-refractivity contribution in [2.45, 2.75) is 39.2 Å². The number of likely N-dealkylation sites (tertiary alicyclic amines) is 1. The topological polar surface area (TPSA) is 71.2 Å². The molecule has 0 aromatic carbocycles. The van der Waals surface area contributed by atoms with Gasteiger partial charge in [0.15, 0.2) is 0 Å². The molecule has 1 aliphatic rings. The van der Waals surface area contributed by atoms with Crippen LogP contribution in [0.2, 0.25) is 0 Å². The van der Waals surface area contributed by atoms with Crippen LogP contribution in [0.5, 0.6) is 0 Å². The molecule has 0 radical (unpaired) electrons. The van der Waals surface area contributed by atoms with Crippen LogP contribution >= 0.6 is 0 Å². The van der Waals surface area contributed by atoms with E-state index in [9.17, 15) is 9.90 Å². The lowest BCUT2D eigenvalue weighted by molar-refractivity contribution is -0.152. The van der Waals surface area contributed by atoms with Crippen LogP contribution in [0.4, 0.5) is 0 Å². The number of nitrogens with zero attached hydrogens (tertiary/aromatic N) is 4. The predicted octanol–water partition coefficient (Wildman–Crippen LogP) is 1.28. The Morgan fingerprint density at radius 1 is 1.47 bits per heavy atom. The Kier molecular flexibility index (Phi) is 4.19. The zero-order valence-corrected chi connectivity index (χ0v) is 11.7. The van der Waals surface area contributed by atoms with Gasteiger partial charge >= 0.3 is 5.97 Å². The van der Waals surface area contributed by atoms with Gasteiger partial charge in [-0.2, -0.15) is 5.10 Å². The SMILES string of the molecule is CCCC1(C(=O)O)CCN(Cc2ncnn2C)CC1. The number of piperidine rings is 1. The lowest BCUT2D eigenvalue weighted by atomic mass is 9.75. The third kappa shape index (κ3) is 2.94. The molecular formula is C13H22N4O2. The fourth-order valence-electron chi connectivity index (χ4n) is 2.85. The van der Waals surface area contributed by atoms with E-state index in [0.29, 0.717) is 0 Å². The van der Waals surface area contributed by atoms with Gasteiger partial charge in [-0.25, -0.2) is 4.98 Å². The lowest BCUT2D eigenvalue weighted by Crippen LogP contribution is -2.44. The number of hydrogen-bond acceptors (Lipinski definition) is 4. The van der Waals surface area contributed by atoms with E-state index in [4.69, 9.17) is 0 Å². The molecule has 2 heterocycles. The van der Waals surface area contributed by atoms with E-state index in [0.717, 1.165) is 51.1 Å². The van der Waals surface area contributed by atoms with Crippen molar-refractivity contribution >= 4 is 5.97 Å². The highest BCUT2D eigenvalue weighted by atomic mass is 16.4. The number of aliphatic carboxylic acids is 1. The summed E-state index contributed by atoms with van der Waals surface area (Å²) < 4.78 is 1.77. The molecule has 19 heavy (non-hydrogen) atoms. The van der Waals surface area contributed by atoms with E-state index in [1.54, 1.807) is 11.0 Å². The van der Waals surface area contributed by atoms with Gasteiger partial charge in [0, 0.05) is 7.05 Å². The molecule has 0 bridgehead atoms. The van der Waals surface area contributed by atoms with E-state index >= 15 is 0 Å². The van der Waals surface area contributed by atoms with Gasteiger partial charge in [-0.1, -0.05) is 13.3 Å². The van der Waals surface area contributed by atoms with Crippen LogP contribution < -0.4 is 0 Å². The van der Waals surface area contributed by atoms with Crippen molar-refractivity contribution in [2.75, 3.05) is 13.1 Å². The Hall–Kier alpha value is -1.43. The van der Waals surface area contributed by atoms with Crippen LogP contribution in [0.15, 0.2) is 6.33 Å². The maximum absolute atomic E-state index is 11.5. The molecule has 1 fully saturated rings. The minimum atomic E-state index is -0.632. The van der Waals surface area contributed by atoms with Crippen LogP contribution in [0.3, 0.4) is 0 Å². The third-order valence-electron chi connectivity index (χ3n) is 4.17. The van der Waals surface area contributed by atoms with Crippen LogP contribution in [0, 0.1) is 5.41 Å². The molecule has 0 unspecified atom stereocenters. The van der Waals surface area contributed by atoms with Crippen LogP contribution in [0.1, 0.15) is 38.4 Å². The minimum Gasteiger partial charge on any atom is -0.481 e. The van der Waals surface area contributed by atoms with E-state index in [1.807, 2.05) is 7.05 Å². The first kappa shape index (κ1) is 14.0. The predicted molar refractivity (Wildman–Crippen MR) is 70.5 cm³/mol. The fraction of sp³-hybridized carbons (Fsp3) is 0.769. The van der Waals surface area contributed by atoms with Crippen molar-refractivity contribution in [1.82, 2.24) is 19.7 Å². The summed E-state index contributed by atoms with van der Waals surface area (Å²) in [6, 6.07) is 0. The van der Waals surface area contributed by atoms with Gasteiger partial charge in [-0.15, -0.1) is 0 Å². The highest BCUT2D eigenvalue weighted by Gasteiger charge is 2.40. The first-order valence-corrected chi connectivity index (χ1v) is 6.86. The van der Waals surface area contributed by atoms with Crippen molar-refractivity contribution < 1.29 is 9.90 Å². The molecule has 1 aromatic rings. The summed E-state index contributed by atoms with van der Waals surface area (Å²) in [6.45, 7) is 4.44. The molecule has 1 N–H and O–H groups in total. The molecule has 1 aliphatic heterocycles. The largest absolute Gasteiger partial charge is 0.481 e. The van der Waals surface area contributed by atoms with Crippen molar-refractivity contribution in [3.8, 4) is 0 Å². The molecule has 0 aliphatic carbocycles. The van der Waals surface area contributed by atoms with E-state index in [1.165, 1.54) is 0 Å². The number of rotatable bonds is 5. The molecule has 6 heteroatoms. The van der Waals surface area contributed by atoms with Gasteiger partial charge in [0.05, 0.1) is 12.0 Å². The van der Waals surface area contributed by atoms with Gasteiger partial charge in [0.1, 0.15) is 12.2 Å². The number of aryl methyl sites for hydroxylation is 1. The molecule has 1 saturated heterocycles. The first-order chi connectivity index (χ1) is 9.07. The second-order valence-electron chi connectivity index (χ2n) is 5.41. The van der Waals surface area contributed by atoms with Gasteiger partial charge in [-0.05, 0) is 32.4 Å². The summed E-state index contributed by atoms with van der Waals surface area (Å²) in [5.41, 5.74) is -0.509. The molecule has 0 saturated carbocycles. The average molecular weight is 266 g/mol. The summed E-state index contributed by atoms with van der Waals surface area (Å²) in [4.78, 5) is 18.0. The smallest absolute Gasteiger partial charge is 0.309 e. The third-order valence-corrected chi connectivity index (χ3v) is 4.17. The molecule has 2 rings (SSSR count).